The lowest BCUT2D eigenvalue weighted by Crippen LogP contribution is -2.50. The van der Waals surface area contributed by atoms with Crippen LogP contribution in [0.3, 0.4) is 0 Å². The minimum absolute atomic E-state index is 0.0343. The van der Waals surface area contributed by atoms with Gasteiger partial charge in [-0.3, -0.25) is 4.79 Å². The predicted octanol–water partition coefficient (Wildman–Crippen LogP) is 2.21. The maximum absolute atomic E-state index is 13.2. The Hall–Kier alpha value is -2.09. The van der Waals surface area contributed by atoms with Crippen LogP contribution in [0, 0.1) is 6.92 Å². The van der Waals surface area contributed by atoms with E-state index in [0.717, 1.165) is 42.0 Å². The summed E-state index contributed by atoms with van der Waals surface area (Å²) in [6.07, 6.45) is 4.60. The summed E-state index contributed by atoms with van der Waals surface area (Å²) in [4.78, 5) is 28.9. The summed E-state index contributed by atoms with van der Waals surface area (Å²) in [5, 5.41) is 0. The van der Waals surface area contributed by atoms with Gasteiger partial charge in [0.05, 0.1) is 4.90 Å². The van der Waals surface area contributed by atoms with Crippen molar-refractivity contribution in [3.8, 4) is 0 Å². The summed E-state index contributed by atoms with van der Waals surface area (Å²) in [6.45, 7) is 3.71. The number of urea groups is 1. The summed E-state index contributed by atoms with van der Waals surface area (Å²) >= 11 is 0. The van der Waals surface area contributed by atoms with Crippen LogP contribution in [0.1, 0.15) is 37.7 Å². The molecule has 1 aromatic carbocycles. The average Bonchev–Trinajstić information content (AvgIpc) is 3.21. The zero-order valence-corrected chi connectivity index (χ0v) is 16.6. The van der Waals surface area contributed by atoms with E-state index in [4.69, 9.17) is 0 Å². The van der Waals surface area contributed by atoms with Gasteiger partial charge >= 0.3 is 6.03 Å². The van der Waals surface area contributed by atoms with Crippen molar-refractivity contribution in [2.75, 3.05) is 32.7 Å². The number of piperidine rings is 1. The minimum atomic E-state index is -4.09. The molecule has 1 aromatic rings. The molecule has 0 atom stereocenters. The van der Waals surface area contributed by atoms with Gasteiger partial charge in [-0.25, -0.2) is 17.5 Å². The Balaban J connectivity index is 1.87. The number of benzene rings is 1. The zero-order chi connectivity index (χ0) is 19.4. The molecule has 0 N–H and O–H groups in total. The molecule has 0 aliphatic carbocycles. The topological polar surface area (TPSA) is 78.0 Å². The van der Waals surface area contributed by atoms with E-state index < -0.39 is 22.6 Å². The van der Waals surface area contributed by atoms with Gasteiger partial charge in [-0.2, -0.15) is 0 Å². The van der Waals surface area contributed by atoms with Crippen LogP contribution in [0.4, 0.5) is 4.79 Å². The fraction of sp³-hybridized carbons (Fsp3) is 0.579. The Bertz CT molecular complexity index is 780. The van der Waals surface area contributed by atoms with E-state index in [0.29, 0.717) is 26.2 Å². The van der Waals surface area contributed by atoms with Gasteiger partial charge in [0.15, 0.2) is 0 Å². The number of likely N-dealkylation sites (tertiary alicyclic amines) is 2. The molecular formula is C19H27N3O4S. The van der Waals surface area contributed by atoms with Crippen LogP contribution >= 0.6 is 0 Å². The van der Waals surface area contributed by atoms with Crippen LogP contribution in [0.5, 0.6) is 0 Å². The molecule has 2 heterocycles. The molecule has 27 heavy (non-hydrogen) atoms. The highest BCUT2D eigenvalue weighted by atomic mass is 32.2. The van der Waals surface area contributed by atoms with Crippen molar-refractivity contribution in [2.24, 2.45) is 0 Å². The molecular weight excluding hydrogens is 366 g/mol. The molecule has 2 aliphatic rings. The van der Waals surface area contributed by atoms with Crippen LogP contribution in [-0.2, 0) is 14.8 Å². The third-order valence-electron chi connectivity index (χ3n) is 5.19. The maximum Gasteiger partial charge on any atom is 0.334 e. The van der Waals surface area contributed by atoms with E-state index >= 15 is 0 Å². The Morgan fingerprint density at radius 1 is 0.889 bits per heavy atom. The van der Waals surface area contributed by atoms with Crippen LogP contribution in [0.15, 0.2) is 29.2 Å². The van der Waals surface area contributed by atoms with Gasteiger partial charge in [-0.1, -0.05) is 17.7 Å². The predicted molar refractivity (Wildman–Crippen MR) is 102 cm³/mol. The zero-order valence-electron chi connectivity index (χ0n) is 15.8. The molecule has 2 fully saturated rings. The van der Waals surface area contributed by atoms with Crippen molar-refractivity contribution in [2.45, 2.75) is 43.9 Å². The normalized spacial score (nSPS) is 17.8. The second kappa shape index (κ2) is 8.29. The van der Waals surface area contributed by atoms with Crippen molar-refractivity contribution >= 4 is 22.0 Å². The third kappa shape index (κ3) is 4.43. The monoisotopic (exact) mass is 393 g/mol. The van der Waals surface area contributed by atoms with Gasteiger partial charge in [-0.15, -0.1) is 0 Å². The van der Waals surface area contributed by atoms with Gasteiger partial charge in [0.1, 0.15) is 6.54 Å². The van der Waals surface area contributed by atoms with E-state index in [1.165, 1.54) is 17.0 Å². The van der Waals surface area contributed by atoms with E-state index in [1.54, 1.807) is 17.0 Å². The second-order valence-corrected chi connectivity index (χ2v) is 9.11. The smallest absolute Gasteiger partial charge is 0.334 e. The number of hydrogen-bond acceptors (Lipinski definition) is 4. The summed E-state index contributed by atoms with van der Waals surface area (Å²) < 4.78 is 27.1. The Labute approximate surface area is 161 Å². The molecule has 0 bridgehead atoms. The number of nitrogens with zero attached hydrogens (tertiary/aromatic N) is 3. The maximum atomic E-state index is 13.2. The number of sulfonamides is 1. The van der Waals surface area contributed by atoms with Gasteiger partial charge in [-0.05, 0) is 51.2 Å². The quantitative estimate of drug-likeness (QED) is 0.786. The van der Waals surface area contributed by atoms with E-state index in [1.807, 2.05) is 6.92 Å². The summed E-state index contributed by atoms with van der Waals surface area (Å²) in [5.74, 6) is -0.307. The van der Waals surface area contributed by atoms with Crippen LogP contribution < -0.4 is 0 Å². The SMILES string of the molecule is Cc1ccc(S(=O)(=O)N(CC(=O)N2CCCCC2)C(=O)N2CCCC2)cc1. The van der Waals surface area contributed by atoms with E-state index in [2.05, 4.69) is 0 Å². The molecule has 3 amide bonds. The van der Waals surface area contributed by atoms with Crippen LogP contribution in [0.2, 0.25) is 0 Å². The lowest BCUT2D eigenvalue weighted by Gasteiger charge is -2.31. The first-order chi connectivity index (χ1) is 12.9. The van der Waals surface area contributed by atoms with Gasteiger partial charge in [0.25, 0.3) is 10.0 Å². The molecule has 148 valence electrons. The number of carbonyl (C=O) groups excluding carboxylic acids is 2. The molecule has 7 nitrogen and oxygen atoms in total. The molecule has 8 heteroatoms. The summed E-state index contributed by atoms with van der Waals surface area (Å²) in [7, 11) is -4.09. The summed E-state index contributed by atoms with van der Waals surface area (Å²) in [5.41, 5.74) is 0.927. The minimum Gasteiger partial charge on any atom is -0.341 e. The average molecular weight is 394 g/mol. The molecule has 0 saturated carbocycles. The third-order valence-corrected chi connectivity index (χ3v) is 6.92. The van der Waals surface area contributed by atoms with Crippen LogP contribution in [-0.4, -0.2) is 67.2 Å². The van der Waals surface area contributed by atoms with Crippen molar-refractivity contribution in [1.29, 1.82) is 0 Å². The van der Waals surface area contributed by atoms with Gasteiger partial charge in [0.2, 0.25) is 5.91 Å². The fourth-order valence-electron chi connectivity index (χ4n) is 3.53. The Morgan fingerprint density at radius 3 is 2.00 bits per heavy atom. The van der Waals surface area contributed by atoms with Crippen molar-refractivity contribution in [1.82, 2.24) is 14.1 Å². The molecule has 0 spiro atoms. The number of hydrogen-bond donors (Lipinski definition) is 0. The van der Waals surface area contributed by atoms with Gasteiger partial charge < -0.3 is 9.80 Å². The number of amides is 3. The van der Waals surface area contributed by atoms with E-state index in [9.17, 15) is 18.0 Å². The molecule has 0 radical (unpaired) electrons. The van der Waals surface area contributed by atoms with Crippen molar-refractivity contribution in [3.05, 3.63) is 29.8 Å². The van der Waals surface area contributed by atoms with Gasteiger partial charge in [0, 0.05) is 26.2 Å². The van der Waals surface area contributed by atoms with Crippen molar-refractivity contribution < 1.29 is 18.0 Å². The molecule has 2 aliphatic heterocycles. The lowest BCUT2D eigenvalue weighted by atomic mass is 10.1. The lowest BCUT2D eigenvalue weighted by molar-refractivity contribution is -0.132. The Kier molecular flexibility index (Phi) is 6.04. The molecule has 0 unspecified atom stereocenters. The largest absolute Gasteiger partial charge is 0.341 e. The Morgan fingerprint density at radius 2 is 1.41 bits per heavy atom. The first-order valence-electron chi connectivity index (χ1n) is 9.56. The fourth-order valence-corrected chi connectivity index (χ4v) is 4.86. The highest BCUT2D eigenvalue weighted by Crippen LogP contribution is 2.21. The number of rotatable bonds is 4. The number of carbonyl (C=O) groups is 2. The molecule has 2 saturated heterocycles. The van der Waals surface area contributed by atoms with Crippen LogP contribution in [0.25, 0.3) is 0 Å². The number of aryl methyl sites for hydroxylation is 1. The summed E-state index contributed by atoms with van der Waals surface area (Å²) in [6, 6.07) is 5.76. The highest BCUT2D eigenvalue weighted by Gasteiger charge is 2.36. The van der Waals surface area contributed by atoms with E-state index in [-0.39, 0.29) is 10.8 Å². The molecule has 0 aromatic heterocycles. The highest BCUT2D eigenvalue weighted by molar-refractivity contribution is 7.89. The molecule has 3 rings (SSSR count). The second-order valence-electron chi connectivity index (χ2n) is 7.24. The standard InChI is InChI=1S/C19H27N3O4S/c1-16-7-9-17(10-8-16)27(25,26)22(19(24)21-13-5-6-14-21)15-18(23)20-11-3-2-4-12-20/h7-10H,2-6,11-15H2,1H3. The first-order valence-corrected chi connectivity index (χ1v) is 11.0. The van der Waals surface area contributed by atoms with Crippen molar-refractivity contribution in [3.63, 3.8) is 0 Å². The first kappa shape index (κ1) is 19.7.